The van der Waals surface area contributed by atoms with Crippen LogP contribution in [0.1, 0.15) is 5.56 Å². The van der Waals surface area contributed by atoms with Crippen LogP contribution in [0.15, 0.2) is 66.4 Å². The van der Waals surface area contributed by atoms with Gasteiger partial charge >= 0.3 is 6.03 Å². The summed E-state index contributed by atoms with van der Waals surface area (Å²) in [4.78, 5) is 52.4. The van der Waals surface area contributed by atoms with E-state index in [1.54, 1.807) is 24.3 Å². The van der Waals surface area contributed by atoms with E-state index in [-0.39, 0.29) is 27.9 Å². The number of carbonyl (C=O) groups is 3. The first-order valence-electron chi connectivity index (χ1n) is 9.48. The SMILES string of the molecule is O=C1NC(=O)N(c2ccc(Cl)cc2Cl)C(=O)/C1=C/c1ccc(Oc2ccc([N+](=O)[O-])cn2)cc1. The van der Waals surface area contributed by atoms with Crippen LogP contribution in [-0.4, -0.2) is 27.8 Å². The van der Waals surface area contributed by atoms with Crippen molar-refractivity contribution in [2.24, 2.45) is 0 Å². The quantitative estimate of drug-likeness (QED) is 0.232. The molecule has 0 unspecified atom stereocenters. The molecular weight excluding hydrogens is 487 g/mol. The Morgan fingerprint density at radius 2 is 1.76 bits per heavy atom. The highest BCUT2D eigenvalue weighted by molar-refractivity contribution is 6.42. The van der Waals surface area contributed by atoms with Gasteiger partial charge in [0.05, 0.1) is 15.6 Å². The van der Waals surface area contributed by atoms with Gasteiger partial charge in [0.15, 0.2) is 0 Å². The standard InChI is InChI=1S/C22H12Cl2N4O6/c23-13-3-7-18(17(24)10-13)27-21(30)16(20(29)26-22(27)31)9-12-1-5-15(6-2-12)34-19-8-4-14(11-25-19)28(32)33/h1-11H,(H,26,29,31)/b16-9+. The molecule has 1 aliphatic heterocycles. The highest BCUT2D eigenvalue weighted by Gasteiger charge is 2.37. The Kier molecular flexibility index (Phi) is 6.26. The average Bonchev–Trinajstić information content (AvgIpc) is 2.79. The number of carbonyl (C=O) groups excluding carboxylic acids is 3. The zero-order chi connectivity index (χ0) is 24.4. The molecule has 0 aliphatic carbocycles. The van der Waals surface area contributed by atoms with Crippen molar-refractivity contribution >= 4 is 58.5 Å². The van der Waals surface area contributed by atoms with Gasteiger partial charge in [0.25, 0.3) is 17.5 Å². The number of amides is 4. The lowest BCUT2D eigenvalue weighted by molar-refractivity contribution is -0.385. The van der Waals surface area contributed by atoms with Crippen LogP contribution in [0, 0.1) is 10.1 Å². The number of anilines is 1. The highest BCUT2D eigenvalue weighted by Crippen LogP contribution is 2.31. The van der Waals surface area contributed by atoms with E-state index in [4.69, 9.17) is 27.9 Å². The molecule has 170 valence electrons. The van der Waals surface area contributed by atoms with Gasteiger partial charge in [-0.15, -0.1) is 0 Å². The number of halogens is 2. The number of imide groups is 2. The molecule has 10 nitrogen and oxygen atoms in total. The Morgan fingerprint density at radius 1 is 1.03 bits per heavy atom. The number of barbiturate groups is 1. The van der Waals surface area contributed by atoms with Crippen LogP contribution in [0.5, 0.6) is 11.6 Å². The first-order chi connectivity index (χ1) is 16.2. The maximum Gasteiger partial charge on any atom is 0.335 e. The van der Waals surface area contributed by atoms with Gasteiger partial charge in [-0.3, -0.25) is 25.0 Å². The molecule has 0 bridgehead atoms. The molecule has 12 heteroatoms. The number of aromatic nitrogens is 1. The van der Waals surface area contributed by atoms with Crippen LogP contribution >= 0.6 is 23.2 Å². The maximum absolute atomic E-state index is 13.0. The molecule has 1 saturated heterocycles. The normalized spacial score (nSPS) is 14.8. The van der Waals surface area contributed by atoms with Crippen LogP contribution in [0.4, 0.5) is 16.2 Å². The van der Waals surface area contributed by atoms with Gasteiger partial charge in [-0.2, -0.15) is 0 Å². The van der Waals surface area contributed by atoms with E-state index in [2.05, 4.69) is 10.3 Å². The number of nitrogens with zero attached hydrogens (tertiary/aromatic N) is 3. The molecule has 3 aromatic rings. The van der Waals surface area contributed by atoms with Crippen molar-refractivity contribution in [3.05, 3.63) is 92.1 Å². The van der Waals surface area contributed by atoms with Crippen molar-refractivity contribution < 1.29 is 24.0 Å². The van der Waals surface area contributed by atoms with Gasteiger partial charge in [-0.1, -0.05) is 35.3 Å². The van der Waals surface area contributed by atoms with Crippen molar-refractivity contribution in [1.29, 1.82) is 0 Å². The van der Waals surface area contributed by atoms with Crippen LogP contribution in [-0.2, 0) is 9.59 Å². The van der Waals surface area contributed by atoms with Crippen molar-refractivity contribution in [2.75, 3.05) is 4.90 Å². The third-order valence-corrected chi connectivity index (χ3v) is 5.14. The number of benzene rings is 2. The summed E-state index contributed by atoms with van der Waals surface area (Å²) in [7, 11) is 0. The fourth-order valence-corrected chi connectivity index (χ4v) is 3.49. The first kappa shape index (κ1) is 22.9. The lowest BCUT2D eigenvalue weighted by Gasteiger charge is -2.27. The molecular formula is C22H12Cl2N4O6. The van der Waals surface area contributed by atoms with Crippen molar-refractivity contribution in [3.63, 3.8) is 0 Å². The fraction of sp³-hybridized carbons (Fsp3) is 0. The summed E-state index contributed by atoms with van der Waals surface area (Å²) >= 11 is 12.0. The molecule has 1 N–H and O–H groups in total. The van der Waals surface area contributed by atoms with E-state index in [0.717, 1.165) is 11.1 Å². The third-order valence-electron chi connectivity index (χ3n) is 4.60. The fourth-order valence-electron chi connectivity index (χ4n) is 3.00. The summed E-state index contributed by atoms with van der Waals surface area (Å²) in [5, 5.41) is 13.2. The monoisotopic (exact) mass is 498 g/mol. The van der Waals surface area contributed by atoms with Crippen LogP contribution in [0.3, 0.4) is 0 Å². The van der Waals surface area contributed by atoms with Gasteiger partial charge in [0, 0.05) is 17.2 Å². The molecule has 4 amide bonds. The molecule has 1 fully saturated rings. The summed E-state index contributed by atoms with van der Waals surface area (Å²) in [6.45, 7) is 0. The Balaban J connectivity index is 1.56. The minimum Gasteiger partial charge on any atom is -0.439 e. The second-order valence-corrected chi connectivity index (χ2v) is 7.68. The molecule has 2 aromatic carbocycles. The lowest BCUT2D eigenvalue weighted by Crippen LogP contribution is -2.54. The summed E-state index contributed by atoms with van der Waals surface area (Å²) in [6, 6.07) is 12.2. The zero-order valence-electron chi connectivity index (χ0n) is 16.9. The Bertz CT molecular complexity index is 1360. The molecule has 0 spiro atoms. The van der Waals surface area contributed by atoms with Gasteiger partial charge in [0.2, 0.25) is 5.88 Å². The summed E-state index contributed by atoms with van der Waals surface area (Å²) in [5.74, 6) is -1.19. The summed E-state index contributed by atoms with van der Waals surface area (Å²) in [5.41, 5.74) is 0.0961. The first-order valence-corrected chi connectivity index (χ1v) is 10.2. The van der Waals surface area contributed by atoms with Gasteiger partial charge in [-0.25, -0.2) is 14.7 Å². The van der Waals surface area contributed by atoms with Gasteiger partial charge in [0.1, 0.15) is 17.5 Å². The molecule has 0 saturated carbocycles. The smallest absolute Gasteiger partial charge is 0.335 e. The largest absolute Gasteiger partial charge is 0.439 e. The minimum atomic E-state index is -0.935. The van der Waals surface area contributed by atoms with Crippen molar-refractivity contribution in [1.82, 2.24) is 10.3 Å². The average molecular weight is 499 g/mol. The van der Waals surface area contributed by atoms with Crippen molar-refractivity contribution in [2.45, 2.75) is 0 Å². The summed E-state index contributed by atoms with van der Waals surface area (Å²) in [6.07, 6.45) is 2.39. The number of ether oxygens (including phenoxy) is 1. The maximum atomic E-state index is 13.0. The van der Waals surface area contributed by atoms with E-state index < -0.39 is 22.8 Å². The van der Waals surface area contributed by atoms with E-state index >= 15 is 0 Å². The number of hydrogen-bond donors (Lipinski definition) is 1. The lowest BCUT2D eigenvalue weighted by atomic mass is 10.1. The zero-order valence-corrected chi connectivity index (χ0v) is 18.4. The van der Waals surface area contributed by atoms with Gasteiger partial charge < -0.3 is 4.74 Å². The highest BCUT2D eigenvalue weighted by atomic mass is 35.5. The predicted molar refractivity (Wildman–Crippen MR) is 123 cm³/mol. The van der Waals surface area contributed by atoms with Crippen LogP contribution < -0.4 is 15.0 Å². The number of rotatable bonds is 5. The van der Waals surface area contributed by atoms with E-state index in [0.29, 0.717) is 16.3 Å². The van der Waals surface area contributed by atoms with Crippen molar-refractivity contribution in [3.8, 4) is 11.6 Å². The molecule has 34 heavy (non-hydrogen) atoms. The number of hydrogen-bond acceptors (Lipinski definition) is 7. The Morgan fingerprint density at radius 3 is 2.38 bits per heavy atom. The summed E-state index contributed by atoms with van der Waals surface area (Å²) < 4.78 is 5.53. The van der Waals surface area contributed by atoms with E-state index in [1.165, 1.54) is 36.4 Å². The Hall–Kier alpha value is -4.28. The molecule has 1 aliphatic rings. The van der Waals surface area contributed by atoms with E-state index in [9.17, 15) is 24.5 Å². The molecule has 0 radical (unpaired) electrons. The number of nitro groups is 1. The second kappa shape index (κ2) is 9.30. The number of urea groups is 1. The minimum absolute atomic E-state index is 0.0612. The topological polar surface area (TPSA) is 132 Å². The van der Waals surface area contributed by atoms with Crippen LogP contribution in [0.2, 0.25) is 10.0 Å². The van der Waals surface area contributed by atoms with E-state index in [1.807, 2.05) is 0 Å². The third kappa shape index (κ3) is 4.72. The molecule has 4 rings (SSSR count). The van der Waals surface area contributed by atoms with Gasteiger partial charge in [-0.05, 0) is 42.0 Å². The Labute approximate surface area is 201 Å². The second-order valence-electron chi connectivity index (χ2n) is 6.84. The number of pyridine rings is 1. The predicted octanol–water partition coefficient (Wildman–Crippen LogP) is 4.76. The molecule has 0 atom stereocenters. The molecule has 1 aromatic heterocycles. The number of nitrogens with one attached hydrogen (secondary N) is 1. The molecule has 2 heterocycles. The van der Waals surface area contributed by atoms with Crippen LogP contribution in [0.25, 0.3) is 6.08 Å².